The summed E-state index contributed by atoms with van der Waals surface area (Å²) in [5, 5.41) is -0.208. The predicted octanol–water partition coefficient (Wildman–Crippen LogP) is 0.801. The summed E-state index contributed by atoms with van der Waals surface area (Å²) >= 11 is 10.6. The molecule has 1 aliphatic heterocycles. The van der Waals surface area contributed by atoms with Crippen LogP contribution in [0.4, 0.5) is 0 Å². The third-order valence-corrected chi connectivity index (χ3v) is 1.66. The fraction of sp³-hybridized carbons (Fsp3) is 0.200. The Morgan fingerprint density at radius 3 is 2.10 bits per heavy atom. The summed E-state index contributed by atoms with van der Waals surface area (Å²) in [6.45, 7) is 0. The van der Waals surface area contributed by atoms with E-state index in [2.05, 4.69) is 4.74 Å². The third-order valence-electron chi connectivity index (χ3n) is 1.01. The van der Waals surface area contributed by atoms with Gasteiger partial charge in [-0.3, -0.25) is 0 Å². The van der Waals surface area contributed by atoms with Gasteiger partial charge in [-0.15, -0.1) is 11.6 Å². The summed E-state index contributed by atoms with van der Waals surface area (Å²) in [5.41, 5.74) is 0.0355. The van der Waals surface area contributed by atoms with Crippen LogP contribution in [0.3, 0.4) is 0 Å². The van der Waals surface area contributed by atoms with Crippen molar-refractivity contribution in [2.75, 3.05) is 5.88 Å². The van der Waals surface area contributed by atoms with E-state index in [0.717, 1.165) is 0 Å². The lowest BCUT2D eigenvalue weighted by Crippen LogP contribution is -2.02. The number of cyclic esters (lactones) is 2. The van der Waals surface area contributed by atoms with Gasteiger partial charge in [-0.1, -0.05) is 11.6 Å². The van der Waals surface area contributed by atoms with Crippen LogP contribution in [-0.4, -0.2) is 17.8 Å². The second-order valence-corrected chi connectivity index (χ2v) is 2.25. The summed E-state index contributed by atoms with van der Waals surface area (Å²) in [4.78, 5) is 21.0. The van der Waals surface area contributed by atoms with Gasteiger partial charge in [-0.25, -0.2) is 9.59 Å². The summed E-state index contributed by atoms with van der Waals surface area (Å²) < 4.78 is 4.11. The maximum absolute atomic E-state index is 10.6. The zero-order valence-corrected chi connectivity index (χ0v) is 6.20. The number of carbonyl (C=O) groups excluding carboxylic acids is 2. The maximum Gasteiger partial charge on any atom is 0.358 e. The van der Waals surface area contributed by atoms with E-state index in [0.29, 0.717) is 0 Å². The molecular formula is C5H2Cl2O3. The molecule has 0 radical (unpaired) electrons. The highest BCUT2D eigenvalue weighted by molar-refractivity contribution is 6.46. The van der Waals surface area contributed by atoms with Crippen molar-refractivity contribution >= 4 is 35.1 Å². The summed E-state index contributed by atoms with van der Waals surface area (Å²) in [5.74, 6) is -1.66. The van der Waals surface area contributed by atoms with Gasteiger partial charge in [0.2, 0.25) is 0 Å². The molecule has 0 unspecified atom stereocenters. The molecule has 0 bridgehead atoms. The molecule has 0 atom stereocenters. The smallest absolute Gasteiger partial charge is 0.358 e. The van der Waals surface area contributed by atoms with Gasteiger partial charge in [0.15, 0.2) is 0 Å². The van der Waals surface area contributed by atoms with E-state index in [9.17, 15) is 9.59 Å². The number of halogens is 2. The first kappa shape index (κ1) is 7.57. The minimum atomic E-state index is -0.817. The standard InChI is InChI=1S/C5H2Cl2O3/c6-1-2-3(7)5(9)10-4(2)8/h1H2. The fourth-order valence-electron chi connectivity index (χ4n) is 0.517. The monoisotopic (exact) mass is 180 g/mol. The Labute approximate surface area is 66.5 Å². The number of rotatable bonds is 1. The summed E-state index contributed by atoms with van der Waals surface area (Å²) in [6.07, 6.45) is 0. The van der Waals surface area contributed by atoms with Gasteiger partial charge in [0.25, 0.3) is 0 Å². The van der Waals surface area contributed by atoms with Gasteiger partial charge in [-0.05, 0) is 0 Å². The normalized spacial score (nSPS) is 18.2. The van der Waals surface area contributed by atoms with E-state index in [1.54, 1.807) is 0 Å². The van der Waals surface area contributed by atoms with Crippen LogP contribution in [0.25, 0.3) is 0 Å². The van der Waals surface area contributed by atoms with E-state index in [1.165, 1.54) is 0 Å². The molecule has 0 fully saturated rings. The first-order chi connectivity index (χ1) is 4.66. The molecule has 0 aliphatic carbocycles. The number of esters is 2. The lowest BCUT2D eigenvalue weighted by Gasteiger charge is -1.86. The highest BCUT2D eigenvalue weighted by Crippen LogP contribution is 2.21. The summed E-state index contributed by atoms with van der Waals surface area (Å²) in [6, 6.07) is 0. The molecule has 3 nitrogen and oxygen atoms in total. The molecule has 0 aromatic rings. The Morgan fingerprint density at radius 2 is 1.90 bits per heavy atom. The van der Waals surface area contributed by atoms with Crippen molar-refractivity contribution in [2.45, 2.75) is 0 Å². The van der Waals surface area contributed by atoms with E-state index in [4.69, 9.17) is 23.2 Å². The van der Waals surface area contributed by atoms with Crippen LogP contribution < -0.4 is 0 Å². The molecule has 0 saturated heterocycles. The second kappa shape index (κ2) is 2.60. The molecular weight excluding hydrogens is 179 g/mol. The number of ether oxygens (including phenoxy) is 1. The Morgan fingerprint density at radius 1 is 1.30 bits per heavy atom. The summed E-state index contributed by atoms with van der Waals surface area (Å²) in [7, 11) is 0. The van der Waals surface area contributed by atoms with Crippen LogP contribution in [0.2, 0.25) is 0 Å². The Hall–Kier alpha value is -0.540. The SMILES string of the molecule is O=C1OC(=O)C(CCl)=C1Cl. The van der Waals surface area contributed by atoms with Crippen molar-refractivity contribution in [2.24, 2.45) is 0 Å². The topological polar surface area (TPSA) is 43.4 Å². The van der Waals surface area contributed by atoms with Crippen molar-refractivity contribution in [1.29, 1.82) is 0 Å². The fourth-order valence-corrected chi connectivity index (χ4v) is 1.01. The number of hydrogen-bond donors (Lipinski definition) is 0. The van der Waals surface area contributed by atoms with Crippen LogP contribution in [0, 0.1) is 0 Å². The zero-order chi connectivity index (χ0) is 7.72. The second-order valence-electron chi connectivity index (χ2n) is 1.60. The predicted molar refractivity (Wildman–Crippen MR) is 34.7 cm³/mol. The third kappa shape index (κ3) is 1.02. The van der Waals surface area contributed by atoms with Gasteiger partial charge in [-0.2, -0.15) is 0 Å². The van der Waals surface area contributed by atoms with Gasteiger partial charge in [0, 0.05) is 0 Å². The molecule has 0 aromatic carbocycles. The lowest BCUT2D eigenvalue weighted by atomic mass is 10.3. The first-order valence-electron chi connectivity index (χ1n) is 2.38. The van der Waals surface area contributed by atoms with Crippen molar-refractivity contribution in [3.8, 4) is 0 Å². The van der Waals surface area contributed by atoms with Gasteiger partial charge in [0.05, 0.1) is 11.5 Å². The quantitative estimate of drug-likeness (QED) is 0.341. The largest absolute Gasteiger partial charge is 0.385 e. The van der Waals surface area contributed by atoms with E-state index < -0.39 is 11.9 Å². The van der Waals surface area contributed by atoms with E-state index >= 15 is 0 Å². The first-order valence-corrected chi connectivity index (χ1v) is 3.29. The average molecular weight is 181 g/mol. The zero-order valence-electron chi connectivity index (χ0n) is 4.69. The maximum atomic E-state index is 10.6. The van der Waals surface area contributed by atoms with Crippen LogP contribution in [0.5, 0.6) is 0 Å². The molecule has 10 heavy (non-hydrogen) atoms. The van der Waals surface area contributed by atoms with Crippen molar-refractivity contribution in [3.63, 3.8) is 0 Å². The minimum absolute atomic E-state index is 0.0355. The average Bonchev–Trinajstić information content (AvgIpc) is 2.09. The molecule has 1 rings (SSSR count). The number of carbonyl (C=O) groups is 2. The molecule has 1 heterocycles. The molecule has 0 saturated carbocycles. The highest BCUT2D eigenvalue weighted by atomic mass is 35.5. The van der Waals surface area contributed by atoms with Gasteiger partial charge in [0.1, 0.15) is 5.03 Å². The minimum Gasteiger partial charge on any atom is -0.385 e. The van der Waals surface area contributed by atoms with Gasteiger partial charge >= 0.3 is 11.9 Å². The van der Waals surface area contributed by atoms with Crippen LogP contribution in [0.1, 0.15) is 0 Å². The molecule has 0 amide bonds. The molecule has 5 heteroatoms. The number of alkyl halides is 1. The Balaban J connectivity index is 3.01. The van der Waals surface area contributed by atoms with E-state index in [-0.39, 0.29) is 16.5 Å². The molecule has 54 valence electrons. The van der Waals surface area contributed by atoms with Crippen LogP contribution >= 0.6 is 23.2 Å². The van der Waals surface area contributed by atoms with Crippen LogP contribution in [0.15, 0.2) is 10.6 Å². The molecule has 0 aromatic heterocycles. The van der Waals surface area contributed by atoms with Crippen LogP contribution in [-0.2, 0) is 14.3 Å². The number of hydrogen-bond acceptors (Lipinski definition) is 3. The van der Waals surface area contributed by atoms with Gasteiger partial charge < -0.3 is 4.74 Å². The van der Waals surface area contributed by atoms with Crippen molar-refractivity contribution in [3.05, 3.63) is 10.6 Å². The molecule has 0 spiro atoms. The van der Waals surface area contributed by atoms with Crippen molar-refractivity contribution in [1.82, 2.24) is 0 Å². The van der Waals surface area contributed by atoms with E-state index in [1.807, 2.05) is 0 Å². The highest BCUT2D eigenvalue weighted by Gasteiger charge is 2.30. The lowest BCUT2D eigenvalue weighted by molar-refractivity contribution is -0.150. The Kier molecular flexibility index (Phi) is 1.97. The molecule has 0 N–H and O–H groups in total. The van der Waals surface area contributed by atoms with Crippen molar-refractivity contribution < 1.29 is 14.3 Å². The Bertz CT molecular complexity index is 231. The molecule has 1 aliphatic rings.